The van der Waals surface area contributed by atoms with E-state index in [-0.39, 0.29) is 11.8 Å². The van der Waals surface area contributed by atoms with Crippen molar-refractivity contribution < 1.29 is 9.53 Å². The molecule has 0 bridgehead atoms. The highest BCUT2D eigenvalue weighted by Crippen LogP contribution is 2.24. The van der Waals surface area contributed by atoms with E-state index in [1.54, 1.807) is 0 Å². The lowest BCUT2D eigenvalue weighted by Crippen LogP contribution is -2.28. The molecule has 17 heavy (non-hydrogen) atoms. The van der Waals surface area contributed by atoms with Crippen LogP contribution in [-0.2, 0) is 4.79 Å². The number of ether oxygens (including phenoxy) is 1. The summed E-state index contributed by atoms with van der Waals surface area (Å²) in [6, 6.07) is 7.45. The van der Waals surface area contributed by atoms with Gasteiger partial charge in [0.15, 0.2) is 0 Å². The van der Waals surface area contributed by atoms with E-state index in [0.29, 0.717) is 18.9 Å². The fraction of sp³-hybridized carbons (Fsp3) is 0.462. The van der Waals surface area contributed by atoms with Crippen molar-refractivity contribution in [3.63, 3.8) is 0 Å². The minimum atomic E-state index is -0.0744. The third-order valence-corrected chi connectivity index (χ3v) is 2.40. The zero-order chi connectivity index (χ0) is 12.7. The quantitative estimate of drug-likeness (QED) is 0.793. The molecule has 0 fully saturated rings. The molecule has 0 aliphatic carbocycles. The summed E-state index contributed by atoms with van der Waals surface area (Å²) in [6.45, 7) is 5.04. The summed E-state index contributed by atoms with van der Waals surface area (Å²) >= 11 is 0. The van der Waals surface area contributed by atoms with E-state index in [2.05, 4.69) is 10.6 Å². The number of rotatable bonds is 6. The van der Waals surface area contributed by atoms with Gasteiger partial charge in [-0.25, -0.2) is 0 Å². The van der Waals surface area contributed by atoms with Crippen molar-refractivity contribution in [3.8, 4) is 5.75 Å². The lowest BCUT2D eigenvalue weighted by molar-refractivity contribution is -0.119. The van der Waals surface area contributed by atoms with E-state index in [1.807, 2.05) is 45.2 Å². The van der Waals surface area contributed by atoms with E-state index >= 15 is 0 Å². The molecule has 1 rings (SSSR count). The number of carbonyl (C=O) groups is 1. The molecule has 2 N–H and O–H groups in total. The van der Waals surface area contributed by atoms with Gasteiger partial charge in [-0.05, 0) is 26.1 Å². The molecule has 0 spiro atoms. The van der Waals surface area contributed by atoms with Gasteiger partial charge >= 0.3 is 0 Å². The molecule has 4 nitrogen and oxygen atoms in total. The van der Waals surface area contributed by atoms with Crippen LogP contribution in [0, 0.1) is 5.92 Å². The first-order chi connectivity index (χ1) is 8.19. The molecular formula is C13H20N2O2. The van der Waals surface area contributed by atoms with Crippen molar-refractivity contribution in [2.24, 2.45) is 5.92 Å². The second-order valence-electron chi connectivity index (χ2n) is 3.88. The third kappa shape index (κ3) is 4.07. The number of para-hydroxylation sites is 2. The van der Waals surface area contributed by atoms with E-state index in [4.69, 9.17) is 4.74 Å². The van der Waals surface area contributed by atoms with Crippen molar-refractivity contribution >= 4 is 11.6 Å². The van der Waals surface area contributed by atoms with Crippen LogP contribution in [-0.4, -0.2) is 26.1 Å². The Morgan fingerprint density at radius 3 is 2.76 bits per heavy atom. The first-order valence-corrected chi connectivity index (χ1v) is 5.86. The van der Waals surface area contributed by atoms with Crippen LogP contribution >= 0.6 is 0 Å². The Bertz CT molecular complexity index is 366. The SMILES string of the molecule is CCOc1ccccc1NC(=O)C(C)CNC. The molecule has 4 heteroatoms. The first kappa shape index (κ1) is 13.5. The summed E-state index contributed by atoms with van der Waals surface area (Å²) in [4.78, 5) is 11.9. The Kier molecular flexibility index (Phi) is 5.49. The summed E-state index contributed by atoms with van der Waals surface area (Å²) in [5, 5.41) is 5.86. The predicted molar refractivity (Wildman–Crippen MR) is 69.3 cm³/mol. The molecule has 0 saturated carbocycles. The average Bonchev–Trinajstić information content (AvgIpc) is 2.32. The monoisotopic (exact) mass is 236 g/mol. The van der Waals surface area contributed by atoms with E-state index < -0.39 is 0 Å². The number of amides is 1. The molecule has 0 aliphatic heterocycles. The molecule has 94 valence electrons. The molecule has 1 aromatic carbocycles. The largest absolute Gasteiger partial charge is 0.492 e. The van der Waals surface area contributed by atoms with Gasteiger partial charge in [0, 0.05) is 12.5 Å². The summed E-state index contributed by atoms with van der Waals surface area (Å²) in [5.74, 6) is 0.626. The predicted octanol–water partition coefficient (Wildman–Crippen LogP) is 1.88. The molecule has 1 atom stereocenters. The normalized spacial score (nSPS) is 11.9. The van der Waals surface area contributed by atoms with Gasteiger partial charge in [0.1, 0.15) is 5.75 Å². The van der Waals surface area contributed by atoms with Crippen LogP contribution < -0.4 is 15.4 Å². The van der Waals surface area contributed by atoms with E-state index in [9.17, 15) is 4.79 Å². The van der Waals surface area contributed by atoms with Gasteiger partial charge in [0.2, 0.25) is 5.91 Å². The summed E-state index contributed by atoms with van der Waals surface area (Å²) in [7, 11) is 1.83. The van der Waals surface area contributed by atoms with Gasteiger partial charge in [0.25, 0.3) is 0 Å². The number of anilines is 1. The maximum atomic E-state index is 11.9. The number of hydrogen-bond donors (Lipinski definition) is 2. The lowest BCUT2D eigenvalue weighted by Gasteiger charge is -2.14. The third-order valence-electron chi connectivity index (χ3n) is 2.40. The van der Waals surface area contributed by atoms with Crippen LogP contribution in [0.5, 0.6) is 5.75 Å². The van der Waals surface area contributed by atoms with Crippen LogP contribution in [0.15, 0.2) is 24.3 Å². The Balaban J connectivity index is 2.70. The van der Waals surface area contributed by atoms with Crippen molar-refractivity contribution in [1.29, 1.82) is 0 Å². The minimum Gasteiger partial charge on any atom is -0.492 e. The van der Waals surface area contributed by atoms with Crippen LogP contribution in [0.1, 0.15) is 13.8 Å². The van der Waals surface area contributed by atoms with E-state index in [1.165, 1.54) is 0 Å². The molecule has 0 saturated heterocycles. The molecule has 1 unspecified atom stereocenters. The number of hydrogen-bond acceptors (Lipinski definition) is 3. The van der Waals surface area contributed by atoms with E-state index in [0.717, 1.165) is 5.69 Å². The molecule has 0 radical (unpaired) electrons. The maximum Gasteiger partial charge on any atom is 0.228 e. The molecule has 0 heterocycles. The van der Waals surface area contributed by atoms with Crippen molar-refractivity contribution in [2.45, 2.75) is 13.8 Å². The van der Waals surface area contributed by atoms with Crippen molar-refractivity contribution in [1.82, 2.24) is 5.32 Å². The molecular weight excluding hydrogens is 216 g/mol. The van der Waals surface area contributed by atoms with Gasteiger partial charge in [-0.15, -0.1) is 0 Å². The maximum absolute atomic E-state index is 11.9. The van der Waals surface area contributed by atoms with Gasteiger partial charge in [-0.2, -0.15) is 0 Å². The van der Waals surface area contributed by atoms with Crippen LogP contribution in [0.2, 0.25) is 0 Å². The van der Waals surface area contributed by atoms with Crippen LogP contribution in [0.3, 0.4) is 0 Å². The molecule has 1 aromatic rings. The second-order valence-corrected chi connectivity index (χ2v) is 3.88. The Morgan fingerprint density at radius 1 is 1.41 bits per heavy atom. The topological polar surface area (TPSA) is 50.4 Å². The van der Waals surface area contributed by atoms with Crippen LogP contribution in [0.4, 0.5) is 5.69 Å². The Hall–Kier alpha value is -1.55. The fourth-order valence-corrected chi connectivity index (χ4v) is 1.51. The lowest BCUT2D eigenvalue weighted by atomic mass is 10.1. The summed E-state index contributed by atoms with van der Waals surface area (Å²) < 4.78 is 5.45. The zero-order valence-electron chi connectivity index (χ0n) is 10.6. The summed E-state index contributed by atoms with van der Waals surface area (Å²) in [6.07, 6.45) is 0. The van der Waals surface area contributed by atoms with Crippen LogP contribution in [0.25, 0.3) is 0 Å². The van der Waals surface area contributed by atoms with Crippen molar-refractivity contribution in [2.75, 3.05) is 25.5 Å². The molecule has 0 aliphatic rings. The zero-order valence-corrected chi connectivity index (χ0v) is 10.6. The van der Waals surface area contributed by atoms with Gasteiger partial charge in [-0.1, -0.05) is 19.1 Å². The average molecular weight is 236 g/mol. The minimum absolute atomic E-state index is 0.00787. The highest BCUT2D eigenvalue weighted by Gasteiger charge is 2.13. The Morgan fingerprint density at radius 2 is 2.12 bits per heavy atom. The standard InChI is InChI=1S/C13H20N2O2/c1-4-17-12-8-6-5-7-11(12)15-13(16)10(2)9-14-3/h5-8,10,14H,4,9H2,1-3H3,(H,15,16). The Labute approximate surface area is 102 Å². The molecule has 1 amide bonds. The van der Waals surface area contributed by atoms with Gasteiger partial charge < -0.3 is 15.4 Å². The van der Waals surface area contributed by atoms with Gasteiger partial charge in [0.05, 0.1) is 12.3 Å². The first-order valence-electron chi connectivity index (χ1n) is 5.86. The number of carbonyl (C=O) groups excluding carboxylic acids is 1. The molecule has 0 aromatic heterocycles. The van der Waals surface area contributed by atoms with Crippen molar-refractivity contribution in [3.05, 3.63) is 24.3 Å². The summed E-state index contributed by atoms with van der Waals surface area (Å²) in [5.41, 5.74) is 0.724. The number of benzene rings is 1. The number of nitrogens with one attached hydrogen (secondary N) is 2. The smallest absolute Gasteiger partial charge is 0.228 e. The fourth-order valence-electron chi connectivity index (χ4n) is 1.51. The van der Waals surface area contributed by atoms with Gasteiger partial charge in [-0.3, -0.25) is 4.79 Å². The second kappa shape index (κ2) is 6.91. The highest BCUT2D eigenvalue weighted by atomic mass is 16.5. The highest BCUT2D eigenvalue weighted by molar-refractivity contribution is 5.93.